The average Bonchev–Trinajstić information content (AvgIpc) is 3.33. The largest absolute Gasteiger partial charge is 0.387 e. The van der Waals surface area contributed by atoms with Crippen molar-refractivity contribution in [1.29, 1.82) is 0 Å². The first-order chi connectivity index (χ1) is 19.7. The van der Waals surface area contributed by atoms with Crippen molar-refractivity contribution in [2.24, 2.45) is 0 Å². The summed E-state index contributed by atoms with van der Waals surface area (Å²) in [5.41, 5.74) is 8.79. The Morgan fingerprint density at radius 1 is 0.605 bits per heavy atom. The van der Waals surface area contributed by atoms with E-state index in [1.54, 1.807) is 0 Å². The van der Waals surface area contributed by atoms with Crippen molar-refractivity contribution in [3.63, 3.8) is 0 Å². The second-order valence-corrected chi connectivity index (χ2v) is 23.2. The van der Waals surface area contributed by atoms with Gasteiger partial charge in [-0.25, -0.2) is 0 Å². The van der Waals surface area contributed by atoms with Crippen LogP contribution in [0.25, 0.3) is 0 Å². The second-order valence-electron chi connectivity index (χ2n) is 16.3. The standard InChI is InChI=1S/C37H59N4Si2/c1-25(2)29-19-17-20-30(26(3)4)34(29)40-42(33-23-38(36(9,10)11)24-39(33)37(12,13)14)41(43(40,15)16)35-31(27(5)6)21-18-22-32(35)28(7)8/h17-23,25-28H,1-16H3. The molecular formula is C37H59N4Si2. The predicted molar refractivity (Wildman–Crippen MR) is 192 cm³/mol. The number of nitrogens with zero attached hydrogens (tertiary/aromatic N) is 4. The highest BCUT2D eigenvalue weighted by Crippen LogP contribution is 2.52. The summed E-state index contributed by atoms with van der Waals surface area (Å²) in [4.78, 5) is 4.82. The number of rotatable bonds is 7. The third-order valence-corrected chi connectivity index (χ3v) is 18.3. The van der Waals surface area contributed by atoms with Crippen LogP contribution in [0.1, 0.15) is 143 Å². The Kier molecular flexibility index (Phi) is 9.12. The van der Waals surface area contributed by atoms with Gasteiger partial charge in [0.05, 0.1) is 5.32 Å². The Hall–Kier alpha value is -2.19. The summed E-state index contributed by atoms with van der Waals surface area (Å²) in [6.07, 6.45) is 2.45. The van der Waals surface area contributed by atoms with Gasteiger partial charge in [-0.05, 0) is 101 Å². The predicted octanol–water partition coefficient (Wildman–Crippen LogP) is 10.3. The zero-order valence-corrected chi connectivity index (χ0v) is 32.1. The SMILES string of the molecule is CC(C)c1cccc(C(C)C)c1N1[Si](C2=CN(C(C)(C)C)[C]N2C(C)(C)C)N(c2c(C(C)C)cccc2C(C)C)[Si]1(C)C. The average molecular weight is 616 g/mol. The van der Waals surface area contributed by atoms with Crippen molar-refractivity contribution in [3.05, 3.63) is 76.8 Å². The summed E-state index contributed by atoms with van der Waals surface area (Å²) >= 11 is 0. The fourth-order valence-corrected chi connectivity index (χ4v) is 16.2. The van der Waals surface area contributed by atoms with Crippen LogP contribution < -0.4 is 8.46 Å². The topological polar surface area (TPSA) is 13.0 Å². The number of para-hydroxylation sites is 2. The highest BCUT2D eigenvalue weighted by Gasteiger charge is 2.63. The van der Waals surface area contributed by atoms with E-state index in [1.165, 1.54) is 38.9 Å². The molecule has 1 saturated heterocycles. The molecule has 2 aliphatic rings. The molecule has 2 heterocycles. The Balaban J connectivity index is 2.11. The molecule has 43 heavy (non-hydrogen) atoms. The molecule has 2 aromatic carbocycles. The summed E-state index contributed by atoms with van der Waals surface area (Å²) in [5, 5.41) is 1.42. The van der Waals surface area contributed by atoms with E-state index in [4.69, 9.17) is 0 Å². The summed E-state index contributed by atoms with van der Waals surface area (Å²) in [5.74, 6) is 1.80. The van der Waals surface area contributed by atoms with Gasteiger partial charge >= 0.3 is 9.12 Å². The maximum atomic E-state index is 3.85. The molecule has 0 N–H and O–H groups in total. The molecule has 0 amide bonds. The Bertz CT molecular complexity index is 1220. The molecule has 4 rings (SSSR count). The number of hydrogen-bond donors (Lipinski definition) is 0. The van der Waals surface area contributed by atoms with E-state index in [1.807, 2.05) is 0 Å². The highest BCUT2D eigenvalue weighted by molar-refractivity contribution is 7.15. The first-order valence-electron chi connectivity index (χ1n) is 16.5. The van der Waals surface area contributed by atoms with Crippen LogP contribution >= 0.6 is 0 Å². The van der Waals surface area contributed by atoms with Gasteiger partial charge in [0.25, 0.3) is 0 Å². The minimum Gasteiger partial charge on any atom is -0.387 e. The van der Waals surface area contributed by atoms with Crippen LogP contribution in [0.3, 0.4) is 0 Å². The van der Waals surface area contributed by atoms with Crippen LogP contribution in [-0.4, -0.2) is 38.4 Å². The van der Waals surface area contributed by atoms with Gasteiger partial charge in [-0.1, -0.05) is 91.8 Å². The van der Waals surface area contributed by atoms with Gasteiger partial charge in [0.2, 0.25) is 15.1 Å². The van der Waals surface area contributed by atoms with Crippen LogP contribution in [0.15, 0.2) is 47.9 Å². The van der Waals surface area contributed by atoms with Crippen LogP contribution in [0.5, 0.6) is 0 Å². The van der Waals surface area contributed by atoms with Gasteiger partial charge in [-0.2, -0.15) is 0 Å². The third-order valence-electron chi connectivity index (χ3n) is 8.97. The molecule has 4 nitrogen and oxygen atoms in total. The van der Waals surface area contributed by atoms with Crippen molar-refractivity contribution in [2.75, 3.05) is 8.46 Å². The molecule has 235 valence electrons. The second kappa shape index (κ2) is 11.6. The van der Waals surface area contributed by atoms with Crippen LogP contribution in [-0.2, 0) is 0 Å². The van der Waals surface area contributed by atoms with E-state index in [-0.39, 0.29) is 11.1 Å². The molecule has 0 spiro atoms. The molecule has 1 fully saturated rings. The molecule has 0 aromatic heterocycles. The zero-order valence-electron chi connectivity index (χ0n) is 30.1. The summed E-state index contributed by atoms with van der Waals surface area (Å²) < 4.78 is 5.98. The minimum atomic E-state index is -2.19. The molecule has 0 bridgehead atoms. The molecule has 0 unspecified atom stereocenters. The van der Waals surface area contributed by atoms with Gasteiger partial charge in [-0.15, -0.1) is 0 Å². The van der Waals surface area contributed by atoms with Crippen molar-refractivity contribution >= 4 is 28.9 Å². The zero-order chi connectivity index (χ0) is 32.4. The molecule has 0 atom stereocenters. The van der Waals surface area contributed by atoms with Crippen LogP contribution in [0.2, 0.25) is 13.1 Å². The monoisotopic (exact) mass is 615 g/mol. The molecule has 0 aliphatic carbocycles. The fraction of sp³-hybridized carbons (Fsp3) is 0.595. The summed E-state index contributed by atoms with van der Waals surface area (Å²) in [6, 6.07) is 14.1. The Morgan fingerprint density at radius 3 is 1.23 bits per heavy atom. The molecule has 3 radical (unpaired) electrons. The Morgan fingerprint density at radius 2 is 0.953 bits per heavy atom. The fourth-order valence-electron chi connectivity index (χ4n) is 6.58. The number of hydrogen-bond acceptors (Lipinski definition) is 4. The van der Waals surface area contributed by atoms with Crippen LogP contribution in [0, 0.1) is 6.67 Å². The van der Waals surface area contributed by atoms with Gasteiger partial charge in [-0.3, -0.25) is 0 Å². The summed E-state index contributed by atoms with van der Waals surface area (Å²) in [6.45, 7) is 41.9. The maximum absolute atomic E-state index is 3.85. The van der Waals surface area contributed by atoms with E-state index in [0.717, 1.165) is 0 Å². The van der Waals surface area contributed by atoms with E-state index >= 15 is 0 Å². The van der Waals surface area contributed by atoms with Gasteiger partial charge in [0.15, 0.2) is 0 Å². The van der Waals surface area contributed by atoms with E-state index in [2.05, 4.69) is 178 Å². The highest BCUT2D eigenvalue weighted by atomic mass is 28.5. The first-order valence-corrected chi connectivity index (χ1v) is 20.8. The lowest BCUT2D eigenvalue weighted by Crippen LogP contribution is -2.87. The number of benzene rings is 2. The van der Waals surface area contributed by atoms with E-state index in [9.17, 15) is 0 Å². The van der Waals surface area contributed by atoms with Crippen LogP contribution in [0.4, 0.5) is 11.4 Å². The third kappa shape index (κ3) is 5.95. The maximum Gasteiger partial charge on any atom is 0.340 e. The lowest BCUT2D eigenvalue weighted by Gasteiger charge is -2.66. The normalized spacial score (nSPS) is 18.1. The van der Waals surface area contributed by atoms with Gasteiger partial charge in [0, 0.05) is 28.7 Å². The van der Waals surface area contributed by atoms with Crippen molar-refractivity contribution in [2.45, 2.75) is 145 Å². The van der Waals surface area contributed by atoms with Gasteiger partial charge in [0.1, 0.15) is 0 Å². The first kappa shape index (κ1) is 33.7. The Labute approximate surface area is 268 Å². The quantitative estimate of drug-likeness (QED) is 0.287. The summed E-state index contributed by atoms with van der Waals surface area (Å²) in [7, 11) is -3.64. The van der Waals surface area contributed by atoms with Crippen molar-refractivity contribution < 1.29 is 0 Å². The van der Waals surface area contributed by atoms with E-state index < -0.39 is 17.5 Å². The number of anilines is 2. The molecule has 2 aliphatic heterocycles. The molecule has 6 heteroatoms. The molecular weight excluding hydrogens is 557 g/mol. The molecule has 0 saturated carbocycles. The van der Waals surface area contributed by atoms with Gasteiger partial charge < -0.3 is 18.3 Å². The smallest absolute Gasteiger partial charge is 0.340 e. The lowest BCUT2D eigenvalue weighted by atomic mass is 9.93. The van der Waals surface area contributed by atoms with E-state index in [0.29, 0.717) is 23.7 Å². The molecule has 2 aromatic rings. The lowest BCUT2D eigenvalue weighted by molar-refractivity contribution is 0.162. The van der Waals surface area contributed by atoms with Crippen molar-refractivity contribution in [1.82, 2.24) is 9.80 Å². The van der Waals surface area contributed by atoms with Crippen molar-refractivity contribution in [3.8, 4) is 0 Å². The minimum absolute atomic E-state index is 0.0576.